The van der Waals surface area contributed by atoms with E-state index in [1.54, 1.807) is 0 Å². The standard InChI is InChI=1S/C5H6BrN3/c1-3-5(6)4(2)8-9-7-3/h1-2H3. The Hall–Kier alpha value is -0.510. The molecule has 1 aromatic rings. The normalized spacial score (nSPS) is 9.67. The highest BCUT2D eigenvalue weighted by atomic mass is 79.9. The van der Waals surface area contributed by atoms with E-state index in [0.29, 0.717) is 0 Å². The number of aromatic nitrogens is 3. The molecule has 1 heterocycles. The Labute approximate surface area is 61.6 Å². The smallest absolute Gasteiger partial charge is 0.0778 e. The van der Waals surface area contributed by atoms with Crippen molar-refractivity contribution in [3.8, 4) is 0 Å². The predicted octanol–water partition coefficient (Wildman–Crippen LogP) is 1.25. The summed E-state index contributed by atoms with van der Waals surface area (Å²) in [5, 5.41) is 11.0. The van der Waals surface area contributed by atoms with Crippen LogP contribution in [0.15, 0.2) is 4.47 Å². The summed E-state index contributed by atoms with van der Waals surface area (Å²) in [4.78, 5) is 0. The molecule has 0 bridgehead atoms. The molecule has 0 saturated carbocycles. The van der Waals surface area contributed by atoms with Crippen molar-refractivity contribution in [2.45, 2.75) is 13.8 Å². The van der Waals surface area contributed by atoms with E-state index >= 15 is 0 Å². The molecule has 0 aliphatic heterocycles. The summed E-state index contributed by atoms with van der Waals surface area (Å²) >= 11 is 3.31. The van der Waals surface area contributed by atoms with Gasteiger partial charge in [0.15, 0.2) is 0 Å². The molecular formula is C5H6BrN3. The number of hydrogen-bond donors (Lipinski definition) is 0. The molecule has 4 heteroatoms. The summed E-state index contributed by atoms with van der Waals surface area (Å²) < 4.78 is 0.942. The van der Waals surface area contributed by atoms with Crippen LogP contribution in [-0.2, 0) is 0 Å². The highest BCUT2D eigenvalue weighted by Gasteiger charge is 1.98. The van der Waals surface area contributed by atoms with Crippen LogP contribution >= 0.6 is 15.9 Å². The van der Waals surface area contributed by atoms with Gasteiger partial charge in [0.25, 0.3) is 0 Å². The lowest BCUT2D eigenvalue weighted by molar-refractivity contribution is 0.806. The highest BCUT2D eigenvalue weighted by Crippen LogP contribution is 2.13. The van der Waals surface area contributed by atoms with Gasteiger partial charge in [-0.3, -0.25) is 0 Å². The molecule has 0 aliphatic carbocycles. The van der Waals surface area contributed by atoms with Crippen LogP contribution in [-0.4, -0.2) is 15.4 Å². The van der Waals surface area contributed by atoms with E-state index in [1.807, 2.05) is 13.8 Å². The zero-order valence-corrected chi connectivity index (χ0v) is 6.81. The van der Waals surface area contributed by atoms with Gasteiger partial charge in [0.2, 0.25) is 0 Å². The van der Waals surface area contributed by atoms with E-state index in [0.717, 1.165) is 15.9 Å². The SMILES string of the molecule is Cc1nnnc(C)c1Br. The molecule has 0 saturated heterocycles. The van der Waals surface area contributed by atoms with Gasteiger partial charge in [-0.2, -0.15) is 0 Å². The van der Waals surface area contributed by atoms with E-state index in [-0.39, 0.29) is 0 Å². The lowest BCUT2D eigenvalue weighted by atomic mass is 10.4. The van der Waals surface area contributed by atoms with Crippen molar-refractivity contribution in [1.29, 1.82) is 0 Å². The topological polar surface area (TPSA) is 38.7 Å². The van der Waals surface area contributed by atoms with Gasteiger partial charge in [-0.25, -0.2) is 0 Å². The van der Waals surface area contributed by atoms with Gasteiger partial charge in [0.05, 0.1) is 15.9 Å². The second kappa shape index (κ2) is 2.39. The fraction of sp³-hybridized carbons (Fsp3) is 0.400. The molecule has 0 aliphatic rings. The molecule has 0 radical (unpaired) electrons. The largest absolute Gasteiger partial charge is 0.134 e. The monoisotopic (exact) mass is 187 g/mol. The van der Waals surface area contributed by atoms with Crippen molar-refractivity contribution >= 4 is 15.9 Å². The second-order valence-corrected chi connectivity index (χ2v) is 2.57. The number of hydrogen-bond acceptors (Lipinski definition) is 3. The third kappa shape index (κ3) is 1.24. The number of rotatable bonds is 0. The van der Waals surface area contributed by atoms with Crippen LogP contribution in [0, 0.1) is 13.8 Å². The minimum absolute atomic E-state index is 0.877. The van der Waals surface area contributed by atoms with Crippen molar-refractivity contribution in [3.63, 3.8) is 0 Å². The maximum absolute atomic E-state index is 3.73. The van der Waals surface area contributed by atoms with Crippen LogP contribution in [0.2, 0.25) is 0 Å². The number of halogens is 1. The zero-order valence-electron chi connectivity index (χ0n) is 5.22. The Morgan fingerprint density at radius 3 is 1.89 bits per heavy atom. The minimum Gasteiger partial charge on any atom is -0.134 e. The molecule has 48 valence electrons. The second-order valence-electron chi connectivity index (χ2n) is 1.77. The summed E-state index contributed by atoms with van der Waals surface area (Å²) in [7, 11) is 0. The fourth-order valence-corrected chi connectivity index (χ4v) is 0.665. The fourth-order valence-electron chi connectivity index (χ4n) is 0.506. The molecule has 0 spiro atoms. The van der Waals surface area contributed by atoms with Crippen LogP contribution in [0.1, 0.15) is 11.4 Å². The molecular weight excluding hydrogens is 182 g/mol. The molecule has 3 nitrogen and oxygen atoms in total. The van der Waals surface area contributed by atoms with Crippen LogP contribution in [0.3, 0.4) is 0 Å². The van der Waals surface area contributed by atoms with Gasteiger partial charge in [0, 0.05) is 0 Å². The summed E-state index contributed by atoms with van der Waals surface area (Å²) in [6.45, 7) is 3.76. The lowest BCUT2D eigenvalue weighted by Crippen LogP contribution is -1.94. The van der Waals surface area contributed by atoms with Crippen LogP contribution < -0.4 is 0 Å². The Morgan fingerprint density at radius 1 is 1.11 bits per heavy atom. The average molecular weight is 188 g/mol. The van der Waals surface area contributed by atoms with Crippen molar-refractivity contribution < 1.29 is 0 Å². The van der Waals surface area contributed by atoms with Crippen LogP contribution in [0.5, 0.6) is 0 Å². The molecule has 0 N–H and O–H groups in total. The third-order valence-corrected chi connectivity index (χ3v) is 2.17. The minimum atomic E-state index is 0.877. The van der Waals surface area contributed by atoms with Crippen molar-refractivity contribution in [3.05, 3.63) is 15.9 Å². The molecule has 0 atom stereocenters. The van der Waals surface area contributed by atoms with Gasteiger partial charge in [-0.15, -0.1) is 10.2 Å². The molecule has 9 heavy (non-hydrogen) atoms. The molecule has 1 rings (SSSR count). The average Bonchev–Trinajstić information content (AvgIpc) is 1.83. The Bertz CT molecular complexity index is 203. The van der Waals surface area contributed by atoms with Crippen molar-refractivity contribution in [2.75, 3.05) is 0 Å². The number of nitrogens with zero attached hydrogens (tertiary/aromatic N) is 3. The van der Waals surface area contributed by atoms with Gasteiger partial charge in [0.1, 0.15) is 0 Å². The molecule has 0 aromatic carbocycles. The Morgan fingerprint density at radius 2 is 1.56 bits per heavy atom. The maximum Gasteiger partial charge on any atom is 0.0778 e. The van der Waals surface area contributed by atoms with Gasteiger partial charge in [-0.1, -0.05) is 0 Å². The first-order chi connectivity index (χ1) is 4.22. The molecule has 0 amide bonds. The van der Waals surface area contributed by atoms with Gasteiger partial charge < -0.3 is 0 Å². The first-order valence-corrected chi connectivity index (χ1v) is 3.33. The predicted molar refractivity (Wildman–Crippen MR) is 37.0 cm³/mol. The zero-order chi connectivity index (χ0) is 6.85. The first kappa shape index (κ1) is 6.61. The molecule has 1 aromatic heterocycles. The summed E-state index contributed by atoms with van der Waals surface area (Å²) in [6.07, 6.45) is 0. The van der Waals surface area contributed by atoms with Crippen LogP contribution in [0.25, 0.3) is 0 Å². The first-order valence-electron chi connectivity index (χ1n) is 2.54. The maximum atomic E-state index is 3.73. The van der Waals surface area contributed by atoms with Crippen molar-refractivity contribution in [1.82, 2.24) is 15.4 Å². The van der Waals surface area contributed by atoms with E-state index in [9.17, 15) is 0 Å². The lowest BCUT2D eigenvalue weighted by Gasteiger charge is -1.94. The van der Waals surface area contributed by atoms with Gasteiger partial charge >= 0.3 is 0 Å². The highest BCUT2D eigenvalue weighted by molar-refractivity contribution is 9.10. The molecule has 0 unspecified atom stereocenters. The number of aryl methyl sites for hydroxylation is 2. The van der Waals surface area contributed by atoms with E-state index in [1.165, 1.54) is 0 Å². The third-order valence-electron chi connectivity index (χ3n) is 1.02. The summed E-state index contributed by atoms with van der Waals surface area (Å²) in [6, 6.07) is 0. The summed E-state index contributed by atoms with van der Waals surface area (Å²) in [5.74, 6) is 0. The van der Waals surface area contributed by atoms with Crippen molar-refractivity contribution in [2.24, 2.45) is 0 Å². The summed E-state index contributed by atoms with van der Waals surface area (Å²) in [5.41, 5.74) is 1.75. The Kier molecular flexibility index (Phi) is 1.75. The quantitative estimate of drug-likeness (QED) is 0.614. The van der Waals surface area contributed by atoms with Crippen LogP contribution in [0.4, 0.5) is 0 Å². The molecule has 0 fully saturated rings. The Balaban J connectivity index is 3.25. The van der Waals surface area contributed by atoms with Gasteiger partial charge in [-0.05, 0) is 35.0 Å². The van der Waals surface area contributed by atoms with E-state index in [4.69, 9.17) is 0 Å². The van der Waals surface area contributed by atoms with E-state index in [2.05, 4.69) is 31.3 Å². The van der Waals surface area contributed by atoms with E-state index < -0.39 is 0 Å².